The van der Waals surface area contributed by atoms with Crippen molar-refractivity contribution in [3.8, 4) is 5.75 Å². The second-order valence-corrected chi connectivity index (χ2v) is 4.72. The van der Waals surface area contributed by atoms with E-state index in [1.54, 1.807) is 0 Å². The minimum Gasteiger partial charge on any atom is -0.479 e. The summed E-state index contributed by atoms with van der Waals surface area (Å²) in [5, 5.41) is 19.3. The van der Waals surface area contributed by atoms with E-state index in [1.807, 2.05) is 0 Å². The van der Waals surface area contributed by atoms with E-state index in [0.29, 0.717) is 10.1 Å². The maximum absolute atomic E-state index is 10.8. The molecule has 0 spiro atoms. The Bertz CT molecular complexity index is 589. The molecular formula is C9H7ClN4O3S. The standard InChI is InChI=1S/C9H7ClN4O3S/c10-5-1-2-7(6(3-5)14(15)16)17-4-8-12-13-9(11)18-8/h1-3H,4H2,(H2,11,13). The van der Waals surface area contributed by atoms with Gasteiger partial charge < -0.3 is 10.5 Å². The predicted octanol–water partition coefficient (Wildman–Crippen LogP) is 2.26. The summed E-state index contributed by atoms with van der Waals surface area (Å²) in [6, 6.07) is 4.18. The molecule has 18 heavy (non-hydrogen) atoms. The molecule has 0 saturated heterocycles. The number of anilines is 1. The maximum Gasteiger partial charge on any atom is 0.312 e. The maximum atomic E-state index is 10.8. The average Bonchev–Trinajstić information content (AvgIpc) is 2.73. The van der Waals surface area contributed by atoms with Gasteiger partial charge in [0.15, 0.2) is 10.8 Å². The summed E-state index contributed by atoms with van der Waals surface area (Å²) in [7, 11) is 0. The minimum atomic E-state index is -0.560. The topological polar surface area (TPSA) is 104 Å². The molecule has 0 saturated carbocycles. The first-order valence-electron chi connectivity index (χ1n) is 4.71. The molecule has 0 radical (unpaired) electrons. The van der Waals surface area contributed by atoms with Crippen molar-refractivity contribution in [1.29, 1.82) is 0 Å². The zero-order valence-corrected chi connectivity index (χ0v) is 10.4. The fraction of sp³-hybridized carbons (Fsp3) is 0.111. The van der Waals surface area contributed by atoms with E-state index in [4.69, 9.17) is 22.1 Å². The second kappa shape index (κ2) is 5.15. The molecule has 2 N–H and O–H groups in total. The van der Waals surface area contributed by atoms with Crippen LogP contribution in [-0.4, -0.2) is 15.1 Å². The van der Waals surface area contributed by atoms with E-state index >= 15 is 0 Å². The summed E-state index contributed by atoms with van der Waals surface area (Å²) in [4.78, 5) is 10.3. The van der Waals surface area contributed by atoms with Gasteiger partial charge in [-0.2, -0.15) is 0 Å². The van der Waals surface area contributed by atoms with Crippen LogP contribution in [0.3, 0.4) is 0 Å². The van der Waals surface area contributed by atoms with Crippen LogP contribution in [0.15, 0.2) is 18.2 Å². The van der Waals surface area contributed by atoms with Crippen LogP contribution in [0, 0.1) is 10.1 Å². The molecule has 1 heterocycles. The van der Waals surface area contributed by atoms with Crippen molar-refractivity contribution in [2.75, 3.05) is 5.73 Å². The summed E-state index contributed by atoms with van der Waals surface area (Å²) in [5.41, 5.74) is 5.21. The lowest BCUT2D eigenvalue weighted by Gasteiger charge is -2.04. The molecule has 7 nitrogen and oxygen atoms in total. The highest BCUT2D eigenvalue weighted by molar-refractivity contribution is 7.15. The minimum absolute atomic E-state index is 0.0668. The molecule has 0 amide bonds. The predicted molar refractivity (Wildman–Crippen MR) is 66.8 cm³/mol. The van der Waals surface area contributed by atoms with Crippen LogP contribution in [0.2, 0.25) is 5.02 Å². The third kappa shape index (κ3) is 2.84. The molecule has 0 atom stereocenters. The highest BCUT2D eigenvalue weighted by Crippen LogP contribution is 2.30. The Morgan fingerprint density at radius 1 is 1.50 bits per heavy atom. The van der Waals surface area contributed by atoms with Gasteiger partial charge in [-0.1, -0.05) is 22.9 Å². The molecule has 0 aliphatic heterocycles. The van der Waals surface area contributed by atoms with Crippen LogP contribution >= 0.6 is 22.9 Å². The number of halogens is 1. The lowest BCUT2D eigenvalue weighted by molar-refractivity contribution is -0.385. The molecule has 2 aromatic rings. The number of hydrogen-bond donors (Lipinski definition) is 1. The molecule has 9 heteroatoms. The Hall–Kier alpha value is -1.93. The molecule has 94 valence electrons. The van der Waals surface area contributed by atoms with Crippen LogP contribution in [0.5, 0.6) is 5.75 Å². The van der Waals surface area contributed by atoms with Crippen molar-refractivity contribution in [1.82, 2.24) is 10.2 Å². The van der Waals surface area contributed by atoms with Crippen LogP contribution in [0.4, 0.5) is 10.8 Å². The zero-order chi connectivity index (χ0) is 13.1. The Balaban J connectivity index is 2.16. The third-order valence-corrected chi connectivity index (χ3v) is 2.91. The van der Waals surface area contributed by atoms with Gasteiger partial charge in [-0.25, -0.2) is 0 Å². The van der Waals surface area contributed by atoms with E-state index in [-0.39, 0.29) is 23.1 Å². The first-order valence-corrected chi connectivity index (χ1v) is 5.90. The number of nitro groups is 1. The van der Waals surface area contributed by atoms with Crippen molar-refractivity contribution < 1.29 is 9.66 Å². The van der Waals surface area contributed by atoms with Gasteiger partial charge in [0, 0.05) is 11.1 Å². The van der Waals surface area contributed by atoms with Crippen molar-refractivity contribution in [2.24, 2.45) is 0 Å². The molecule has 1 aromatic heterocycles. The number of ether oxygens (including phenoxy) is 1. The van der Waals surface area contributed by atoms with Crippen LogP contribution < -0.4 is 10.5 Å². The first kappa shape index (κ1) is 12.5. The van der Waals surface area contributed by atoms with Gasteiger partial charge in [0.05, 0.1) is 4.92 Å². The van der Waals surface area contributed by atoms with Gasteiger partial charge in [0.25, 0.3) is 0 Å². The number of aromatic nitrogens is 2. The number of hydrogen-bond acceptors (Lipinski definition) is 7. The zero-order valence-electron chi connectivity index (χ0n) is 8.87. The lowest BCUT2D eigenvalue weighted by atomic mass is 10.3. The number of nitrogens with two attached hydrogens (primary N) is 1. The second-order valence-electron chi connectivity index (χ2n) is 3.19. The highest BCUT2D eigenvalue weighted by Gasteiger charge is 2.16. The molecule has 0 unspecified atom stereocenters. The number of nitro benzene ring substituents is 1. The largest absolute Gasteiger partial charge is 0.479 e. The SMILES string of the molecule is Nc1nnc(COc2ccc(Cl)cc2[N+](=O)[O-])s1. The van der Waals surface area contributed by atoms with Crippen molar-refractivity contribution in [3.05, 3.63) is 38.3 Å². The van der Waals surface area contributed by atoms with Crippen LogP contribution in [0.25, 0.3) is 0 Å². The van der Waals surface area contributed by atoms with E-state index in [0.717, 1.165) is 11.3 Å². The number of nitrogens with zero attached hydrogens (tertiary/aromatic N) is 3. The fourth-order valence-corrected chi connectivity index (χ4v) is 1.91. The van der Waals surface area contributed by atoms with Crippen molar-refractivity contribution in [3.63, 3.8) is 0 Å². The van der Waals surface area contributed by atoms with Crippen LogP contribution in [-0.2, 0) is 6.61 Å². The molecule has 1 aromatic carbocycles. The van der Waals surface area contributed by atoms with E-state index < -0.39 is 4.92 Å². The Kier molecular flexibility index (Phi) is 3.58. The van der Waals surface area contributed by atoms with E-state index in [9.17, 15) is 10.1 Å². The van der Waals surface area contributed by atoms with E-state index in [1.165, 1.54) is 18.2 Å². The van der Waals surface area contributed by atoms with Crippen molar-refractivity contribution >= 4 is 33.8 Å². The molecule has 0 bridgehead atoms. The number of nitrogen functional groups attached to an aromatic ring is 1. The van der Waals surface area contributed by atoms with E-state index in [2.05, 4.69) is 10.2 Å². The molecule has 0 fully saturated rings. The Morgan fingerprint density at radius 2 is 2.28 bits per heavy atom. The van der Waals surface area contributed by atoms with Gasteiger partial charge in [0.2, 0.25) is 5.13 Å². The number of rotatable bonds is 4. The van der Waals surface area contributed by atoms with Crippen LogP contribution in [0.1, 0.15) is 5.01 Å². The summed E-state index contributed by atoms with van der Waals surface area (Å²) < 4.78 is 5.30. The first-order chi connectivity index (χ1) is 8.56. The normalized spacial score (nSPS) is 10.3. The molecule has 2 rings (SSSR count). The summed E-state index contributed by atoms with van der Waals surface area (Å²) in [6.45, 7) is 0.0668. The summed E-state index contributed by atoms with van der Waals surface area (Å²) >= 11 is 6.84. The van der Waals surface area contributed by atoms with Crippen molar-refractivity contribution in [2.45, 2.75) is 6.61 Å². The fourth-order valence-electron chi connectivity index (χ4n) is 1.22. The Morgan fingerprint density at radius 3 is 2.89 bits per heavy atom. The van der Waals surface area contributed by atoms with Gasteiger partial charge >= 0.3 is 5.69 Å². The third-order valence-electron chi connectivity index (χ3n) is 1.95. The molecule has 0 aliphatic rings. The van der Waals surface area contributed by atoms with Gasteiger partial charge in [-0.3, -0.25) is 10.1 Å². The summed E-state index contributed by atoms with van der Waals surface area (Å²) in [5.74, 6) is 0.123. The monoisotopic (exact) mass is 286 g/mol. The molecule has 0 aliphatic carbocycles. The highest BCUT2D eigenvalue weighted by atomic mass is 35.5. The van der Waals surface area contributed by atoms with Gasteiger partial charge in [-0.05, 0) is 12.1 Å². The number of benzene rings is 1. The lowest BCUT2D eigenvalue weighted by Crippen LogP contribution is -1.98. The van der Waals surface area contributed by atoms with Gasteiger partial charge in [-0.15, -0.1) is 10.2 Å². The smallest absolute Gasteiger partial charge is 0.312 e. The quantitative estimate of drug-likeness (QED) is 0.683. The average molecular weight is 287 g/mol. The van der Waals surface area contributed by atoms with Gasteiger partial charge in [0.1, 0.15) is 6.61 Å². The molecular weight excluding hydrogens is 280 g/mol. The Labute approximate surface area is 110 Å². The summed E-state index contributed by atoms with van der Waals surface area (Å²) in [6.07, 6.45) is 0.